The quantitative estimate of drug-likeness (QED) is 0.543. The van der Waals surface area contributed by atoms with Crippen molar-refractivity contribution in [3.8, 4) is 0 Å². The van der Waals surface area contributed by atoms with Crippen LogP contribution in [-0.4, -0.2) is 48.0 Å². The zero-order valence-electron chi connectivity index (χ0n) is 13.3. The van der Waals surface area contributed by atoms with Crippen molar-refractivity contribution in [2.24, 2.45) is 0 Å². The molecule has 1 saturated carbocycles. The Kier molecular flexibility index (Phi) is 10.8. The van der Waals surface area contributed by atoms with Crippen LogP contribution < -0.4 is 5.32 Å². The molecular formula is C16H33NO2S. The van der Waals surface area contributed by atoms with Crippen molar-refractivity contribution < 1.29 is 9.84 Å². The highest BCUT2D eigenvalue weighted by Gasteiger charge is 2.24. The number of aliphatic hydroxyl groups is 1. The molecule has 4 heteroatoms. The van der Waals surface area contributed by atoms with Gasteiger partial charge in [-0.05, 0) is 31.4 Å². The monoisotopic (exact) mass is 303 g/mol. The summed E-state index contributed by atoms with van der Waals surface area (Å²) in [6.45, 7) is 6.37. The lowest BCUT2D eigenvalue weighted by Crippen LogP contribution is -2.36. The molecule has 0 spiro atoms. The third kappa shape index (κ3) is 8.50. The third-order valence-electron chi connectivity index (χ3n) is 3.88. The highest BCUT2D eigenvalue weighted by Crippen LogP contribution is 2.29. The molecule has 3 nitrogen and oxygen atoms in total. The number of ether oxygens (including phenoxy) is 1. The molecule has 20 heavy (non-hydrogen) atoms. The van der Waals surface area contributed by atoms with Gasteiger partial charge in [0.05, 0.1) is 12.7 Å². The fourth-order valence-electron chi connectivity index (χ4n) is 2.72. The molecule has 1 aliphatic carbocycles. The average Bonchev–Trinajstić information content (AvgIpc) is 2.88. The molecule has 0 bridgehead atoms. The number of unbranched alkanes of at least 4 members (excludes halogenated alkanes) is 3. The van der Waals surface area contributed by atoms with E-state index in [-0.39, 0.29) is 6.10 Å². The number of aliphatic hydroxyl groups excluding tert-OH is 1. The molecule has 0 radical (unpaired) electrons. The Labute approximate surface area is 129 Å². The Hall–Kier alpha value is 0.230. The summed E-state index contributed by atoms with van der Waals surface area (Å²) in [5.74, 6) is 1.21. The Bertz CT molecular complexity index is 229. The second-order valence-electron chi connectivity index (χ2n) is 5.78. The Morgan fingerprint density at radius 1 is 1.25 bits per heavy atom. The topological polar surface area (TPSA) is 41.5 Å². The van der Waals surface area contributed by atoms with Gasteiger partial charge in [-0.2, -0.15) is 11.8 Å². The highest BCUT2D eigenvalue weighted by molar-refractivity contribution is 7.99. The van der Waals surface area contributed by atoms with Crippen LogP contribution in [-0.2, 0) is 4.74 Å². The summed E-state index contributed by atoms with van der Waals surface area (Å²) >= 11 is 2.07. The summed E-state index contributed by atoms with van der Waals surface area (Å²) in [6.07, 6.45) is 8.36. The lowest BCUT2D eigenvalue weighted by molar-refractivity contribution is 0.0342. The van der Waals surface area contributed by atoms with Gasteiger partial charge < -0.3 is 15.2 Å². The van der Waals surface area contributed by atoms with Gasteiger partial charge in [0, 0.05) is 24.4 Å². The first-order valence-corrected chi connectivity index (χ1v) is 9.41. The summed E-state index contributed by atoms with van der Waals surface area (Å²) in [7, 11) is 0. The van der Waals surface area contributed by atoms with Crippen molar-refractivity contribution in [2.75, 3.05) is 25.5 Å². The largest absolute Gasteiger partial charge is 0.389 e. The SMILES string of the molecule is CCCCCCOCC(O)CNC1CCC(SCC)C1. The van der Waals surface area contributed by atoms with E-state index in [1.165, 1.54) is 44.3 Å². The Balaban J connectivity index is 1.93. The average molecular weight is 304 g/mol. The molecule has 0 heterocycles. The van der Waals surface area contributed by atoms with Crippen molar-refractivity contribution in [1.82, 2.24) is 5.32 Å². The minimum atomic E-state index is -0.362. The normalized spacial score (nSPS) is 24.1. The molecule has 0 aliphatic heterocycles. The van der Waals surface area contributed by atoms with Crippen molar-refractivity contribution in [1.29, 1.82) is 0 Å². The van der Waals surface area contributed by atoms with E-state index >= 15 is 0 Å². The van der Waals surface area contributed by atoms with Crippen molar-refractivity contribution >= 4 is 11.8 Å². The molecule has 0 aromatic rings. The van der Waals surface area contributed by atoms with Gasteiger partial charge in [0.15, 0.2) is 0 Å². The molecule has 0 saturated heterocycles. The van der Waals surface area contributed by atoms with Crippen molar-refractivity contribution in [2.45, 2.75) is 76.2 Å². The van der Waals surface area contributed by atoms with Gasteiger partial charge in [-0.15, -0.1) is 0 Å². The number of thioether (sulfide) groups is 1. The molecule has 120 valence electrons. The van der Waals surface area contributed by atoms with Crippen LogP contribution in [0.5, 0.6) is 0 Å². The molecule has 0 aromatic carbocycles. The molecule has 2 N–H and O–H groups in total. The van der Waals surface area contributed by atoms with Gasteiger partial charge in [0.2, 0.25) is 0 Å². The molecule has 3 unspecified atom stereocenters. The Morgan fingerprint density at radius 2 is 2.10 bits per heavy atom. The zero-order valence-corrected chi connectivity index (χ0v) is 14.1. The maximum Gasteiger partial charge on any atom is 0.0897 e. The number of hydrogen-bond acceptors (Lipinski definition) is 4. The van der Waals surface area contributed by atoms with Crippen LogP contribution in [0.25, 0.3) is 0 Å². The van der Waals surface area contributed by atoms with Crippen LogP contribution in [0, 0.1) is 0 Å². The maximum absolute atomic E-state index is 9.89. The fourth-order valence-corrected chi connectivity index (χ4v) is 3.87. The first-order valence-electron chi connectivity index (χ1n) is 8.37. The second kappa shape index (κ2) is 11.8. The van der Waals surface area contributed by atoms with E-state index in [1.54, 1.807) is 0 Å². The van der Waals surface area contributed by atoms with Crippen LogP contribution in [0.4, 0.5) is 0 Å². The van der Waals surface area contributed by atoms with Crippen LogP contribution in [0.15, 0.2) is 0 Å². The fraction of sp³-hybridized carbons (Fsp3) is 1.00. The van der Waals surface area contributed by atoms with E-state index in [9.17, 15) is 5.11 Å². The van der Waals surface area contributed by atoms with Crippen LogP contribution in [0.2, 0.25) is 0 Å². The standard InChI is InChI=1S/C16H33NO2S/c1-3-5-6-7-10-19-13-15(18)12-17-14-8-9-16(11-14)20-4-2/h14-18H,3-13H2,1-2H3. The first-order chi connectivity index (χ1) is 9.76. The number of nitrogens with one attached hydrogen (secondary N) is 1. The summed E-state index contributed by atoms with van der Waals surface area (Å²) < 4.78 is 5.52. The highest BCUT2D eigenvalue weighted by atomic mass is 32.2. The lowest BCUT2D eigenvalue weighted by Gasteiger charge is -2.17. The van der Waals surface area contributed by atoms with E-state index in [4.69, 9.17) is 4.74 Å². The molecule has 0 amide bonds. The van der Waals surface area contributed by atoms with E-state index in [0.29, 0.717) is 19.2 Å². The lowest BCUT2D eigenvalue weighted by atomic mass is 10.2. The summed E-state index contributed by atoms with van der Waals surface area (Å²) in [5, 5.41) is 14.2. The molecule has 1 rings (SSSR count). The molecule has 0 aromatic heterocycles. The van der Waals surface area contributed by atoms with Gasteiger partial charge in [-0.1, -0.05) is 33.1 Å². The van der Waals surface area contributed by atoms with E-state index in [0.717, 1.165) is 18.3 Å². The number of hydrogen-bond donors (Lipinski definition) is 2. The van der Waals surface area contributed by atoms with Crippen LogP contribution in [0.3, 0.4) is 0 Å². The van der Waals surface area contributed by atoms with E-state index in [2.05, 4.69) is 30.9 Å². The molecule has 3 atom stereocenters. The van der Waals surface area contributed by atoms with Gasteiger partial charge in [0.1, 0.15) is 0 Å². The maximum atomic E-state index is 9.89. The second-order valence-corrected chi connectivity index (χ2v) is 7.36. The molecule has 1 aliphatic rings. The summed E-state index contributed by atoms with van der Waals surface area (Å²) in [6, 6.07) is 0.596. The molecule has 1 fully saturated rings. The minimum Gasteiger partial charge on any atom is -0.389 e. The Morgan fingerprint density at radius 3 is 2.85 bits per heavy atom. The minimum absolute atomic E-state index is 0.362. The summed E-state index contributed by atoms with van der Waals surface area (Å²) in [4.78, 5) is 0. The van der Waals surface area contributed by atoms with E-state index < -0.39 is 0 Å². The van der Waals surface area contributed by atoms with Gasteiger partial charge in [-0.3, -0.25) is 0 Å². The van der Waals surface area contributed by atoms with Gasteiger partial charge in [-0.25, -0.2) is 0 Å². The van der Waals surface area contributed by atoms with Crippen LogP contribution in [0.1, 0.15) is 58.8 Å². The van der Waals surface area contributed by atoms with Gasteiger partial charge >= 0.3 is 0 Å². The number of rotatable bonds is 12. The smallest absolute Gasteiger partial charge is 0.0897 e. The van der Waals surface area contributed by atoms with Crippen LogP contribution >= 0.6 is 11.8 Å². The summed E-state index contributed by atoms with van der Waals surface area (Å²) in [5.41, 5.74) is 0. The first kappa shape index (κ1) is 18.3. The predicted molar refractivity (Wildman–Crippen MR) is 88.5 cm³/mol. The van der Waals surface area contributed by atoms with Gasteiger partial charge in [0.25, 0.3) is 0 Å². The van der Waals surface area contributed by atoms with Crippen molar-refractivity contribution in [3.05, 3.63) is 0 Å². The molecular weight excluding hydrogens is 270 g/mol. The van der Waals surface area contributed by atoms with Crippen molar-refractivity contribution in [3.63, 3.8) is 0 Å². The zero-order chi connectivity index (χ0) is 14.6. The predicted octanol–water partition coefficient (Wildman–Crippen LogP) is 3.21. The third-order valence-corrected chi connectivity index (χ3v) is 5.11. The van der Waals surface area contributed by atoms with E-state index in [1.807, 2.05) is 0 Å².